The minimum Gasteiger partial charge on any atom is -0.400 e. The van der Waals surface area contributed by atoms with Crippen molar-refractivity contribution in [1.29, 1.82) is 0 Å². The van der Waals surface area contributed by atoms with Gasteiger partial charge in [0, 0.05) is 20.2 Å². The molecule has 9 heavy (non-hydrogen) atoms. The molecule has 0 spiro atoms. The minimum absolute atomic E-state index is 0.103. The predicted molar refractivity (Wildman–Crippen MR) is 34.0 cm³/mol. The highest BCUT2D eigenvalue weighted by Crippen LogP contribution is 1.69. The number of aliphatic hydroxyl groups is 1. The fourth-order valence-electron chi connectivity index (χ4n) is 0.555. The second-order valence-corrected chi connectivity index (χ2v) is 1.53. The third-order valence-electron chi connectivity index (χ3n) is 0.910. The summed E-state index contributed by atoms with van der Waals surface area (Å²) >= 11 is 0. The highest BCUT2D eigenvalue weighted by Gasteiger charge is 2.02. The Balaban J connectivity index is 0.000000291. The van der Waals surface area contributed by atoms with Crippen LogP contribution in [0.25, 0.3) is 0 Å². The van der Waals surface area contributed by atoms with E-state index in [-0.39, 0.29) is 5.91 Å². The lowest BCUT2D eigenvalue weighted by molar-refractivity contribution is -0.121. The molecule has 1 aliphatic rings. The maximum atomic E-state index is 10.3. The maximum absolute atomic E-state index is 10.3. The van der Waals surface area contributed by atoms with Gasteiger partial charge in [-0.3, -0.25) is 4.79 Å². The first-order valence-electron chi connectivity index (χ1n) is 2.82. The first kappa shape index (κ1) is 8.39. The van der Waals surface area contributed by atoms with Crippen LogP contribution in [0.2, 0.25) is 0 Å². The van der Waals surface area contributed by atoms with Gasteiger partial charge in [0.25, 0.3) is 0 Å². The second kappa shape index (κ2) is 5.53. The monoisotopic (exact) mass is 132 g/mol. The number of aliphatic hydroxyl groups excluding tert-OH is 1. The van der Waals surface area contributed by atoms with Crippen LogP contribution < -0.4 is 10.6 Å². The number of rotatable bonds is 0. The summed E-state index contributed by atoms with van der Waals surface area (Å²) < 4.78 is 0. The van der Waals surface area contributed by atoms with E-state index in [0.717, 1.165) is 20.2 Å². The standard InChI is InChI=1S/C4H8N2O.CH4O/c7-4-3-5-1-2-6-4;1-2/h5H,1-3H2,(H,6,7);2H,1H3. The summed E-state index contributed by atoms with van der Waals surface area (Å²) in [5.74, 6) is 0.103. The van der Waals surface area contributed by atoms with Crippen molar-refractivity contribution in [3.63, 3.8) is 0 Å². The average molecular weight is 132 g/mol. The Morgan fingerprint density at radius 1 is 1.44 bits per heavy atom. The molecule has 1 fully saturated rings. The zero-order valence-corrected chi connectivity index (χ0v) is 5.48. The first-order chi connectivity index (χ1) is 4.39. The van der Waals surface area contributed by atoms with Crippen LogP contribution in [0.3, 0.4) is 0 Å². The van der Waals surface area contributed by atoms with Crippen LogP contribution in [0, 0.1) is 0 Å². The van der Waals surface area contributed by atoms with Gasteiger partial charge >= 0.3 is 0 Å². The Labute approximate surface area is 54.3 Å². The van der Waals surface area contributed by atoms with Crippen molar-refractivity contribution in [2.24, 2.45) is 0 Å². The number of hydrogen-bond acceptors (Lipinski definition) is 3. The lowest BCUT2D eigenvalue weighted by atomic mass is 10.4. The number of carbonyl (C=O) groups excluding carboxylic acids is 1. The molecule has 1 aliphatic heterocycles. The van der Waals surface area contributed by atoms with Gasteiger partial charge in [-0.15, -0.1) is 0 Å². The van der Waals surface area contributed by atoms with Gasteiger partial charge < -0.3 is 15.7 Å². The molecule has 0 radical (unpaired) electrons. The summed E-state index contributed by atoms with van der Waals surface area (Å²) in [5.41, 5.74) is 0. The maximum Gasteiger partial charge on any atom is 0.234 e. The molecule has 4 nitrogen and oxygen atoms in total. The van der Waals surface area contributed by atoms with Crippen molar-refractivity contribution in [2.75, 3.05) is 26.7 Å². The summed E-state index contributed by atoms with van der Waals surface area (Å²) in [4.78, 5) is 10.3. The van der Waals surface area contributed by atoms with Crippen LogP contribution >= 0.6 is 0 Å². The van der Waals surface area contributed by atoms with Crippen molar-refractivity contribution in [3.05, 3.63) is 0 Å². The smallest absolute Gasteiger partial charge is 0.234 e. The van der Waals surface area contributed by atoms with Crippen molar-refractivity contribution in [1.82, 2.24) is 10.6 Å². The number of carbonyl (C=O) groups is 1. The SMILES string of the molecule is CO.O=C1CNCCN1. The predicted octanol–water partition coefficient (Wildman–Crippen LogP) is -1.69. The number of piperazine rings is 1. The molecule has 0 saturated carbocycles. The van der Waals surface area contributed by atoms with Crippen LogP contribution in [-0.4, -0.2) is 37.8 Å². The molecule has 0 aromatic carbocycles. The summed E-state index contributed by atoms with van der Waals surface area (Å²) in [5, 5.41) is 12.6. The highest BCUT2D eigenvalue weighted by atomic mass is 16.2. The molecule has 0 bridgehead atoms. The fourth-order valence-corrected chi connectivity index (χ4v) is 0.555. The van der Waals surface area contributed by atoms with E-state index in [1.807, 2.05) is 0 Å². The van der Waals surface area contributed by atoms with E-state index >= 15 is 0 Å². The molecule has 0 aliphatic carbocycles. The van der Waals surface area contributed by atoms with E-state index in [1.165, 1.54) is 0 Å². The Kier molecular flexibility index (Phi) is 5.15. The molecule has 1 rings (SSSR count). The van der Waals surface area contributed by atoms with Gasteiger partial charge in [0.05, 0.1) is 6.54 Å². The lowest BCUT2D eigenvalue weighted by Crippen LogP contribution is -2.44. The Hall–Kier alpha value is -0.610. The second-order valence-electron chi connectivity index (χ2n) is 1.53. The zero-order chi connectivity index (χ0) is 7.11. The van der Waals surface area contributed by atoms with Gasteiger partial charge in [0.1, 0.15) is 0 Å². The van der Waals surface area contributed by atoms with Crippen molar-refractivity contribution in [2.45, 2.75) is 0 Å². The molecule has 0 unspecified atom stereocenters. The summed E-state index contributed by atoms with van der Waals surface area (Å²) in [7, 11) is 1.00. The van der Waals surface area contributed by atoms with Crippen LogP contribution in [-0.2, 0) is 4.79 Å². The first-order valence-corrected chi connectivity index (χ1v) is 2.82. The number of amides is 1. The Bertz CT molecular complexity index is 77.0. The van der Waals surface area contributed by atoms with Gasteiger partial charge in [-0.05, 0) is 0 Å². The van der Waals surface area contributed by atoms with E-state index in [1.54, 1.807) is 0 Å². The Morgan fingerprint density at radius 2 is 2.11 bits per heavy atom. The number of nitrogens with one attached hydrogen (secondary N) is 2. The van der Waals surface area contributed by atoms with Gasteiger partial charge in [-0.1, -0.05) is 0 Å². The highest BCUT2D eigenvalue weighted by molar-refractivity contribution is 5.78. The van der Waals surface area contributed by atoms with E-state index in [9.17, 15) is 4.79 Å². The normalized spacial score (nSPS) is 17.3. The zero-order valence-electron chi connectivity index (χ0n) is 5.48. The summed E-state index contributed by atoms with van der Waals surface area (Å²) in [6, 6.07) is 0. The average Bonchev–Trinajstić information content (AvgIpc) is 1.94. The molecule has 1 heterocycles. The van der Waals surface area contributed by atoms with E-state index in [0.29, 0.717) is 6.54 Å². The Morgan fingerprint density at radius 3 is 2.33 bits per heavy atom. The summed E-state index contributed by atoms with van der Waals surface area (Å²) in [6.07, 6.45) is 0. The minimum atomic E-state index is 0.103. The van der Waals surface area contributed by atoms with Crippen molar-refractivity contribution < 1.29 is 9.90 Å². The third kappa shape index (κ3) is 3.93. The molecule has 0 atom stereocenters. The topological polar surface area (TPSA) is 61.4 Å². The lowest BCUT2D eigenvalue weighted by Gasteiger charge is -2.11. The van der Waals surface area contributed by atoms with Crippen molar-refractivity contribution >= 4 is 5.91 Å². The van der Waals surface area contributed by atoms with Gasteiger partial charge in [0.15, 0.2) is 0 Å². The van der Waals surface area contributed by atoms with Crippen LogP contribution in [0.4, 0.5) is 0 Å². The van der Waals surface area contributed by atoms with Crippen LogP contribution in [0.5, 0.6) is 0 Å². The van der Waals surface area contributed by atoms with E-state index in [4.69, 9.17) is 5.11 Å². The summed E-state index contributed by atoms with van der Waals surface area (Å²) in [6.45, 7) is 2.17. The molecule has 0 aromatic heterocycles. The molecule has 54 valence electrons. The van der Waals surface area contributed by atoms with Gasteiger partial charge in [-0.25, -0.2) is 0 Å². The third-order valence-corrected chi connectivity index (χ3v) is 0.910. The molecular weight excluding hydrogens is 120 g/mol. The van der Waals surface area contributed by atoms with E-state index in [2.05, 4.69) is 10.6 Å². The van der Waals surface area contributed by atoms with Gasteiger partial charge in [-0.2, -0.15) is 0 Å². The quantitative estimate of drug-likeness (QED) is 0.369. The molecule has 0 aromatic rings. The van der Waals surface area contributed by atoms with Crippen LogP contribution in [0.15, 0.2) is 0 Å². The van der Waals surface area contributed by atoms with Crippen LogP contribution in [0.1, 0.15) is 0 Å². The van der Waals surface area contributed by atoms with E-state index < -0.39 is 0 Å². The molecular formula is C5H12N2O2. The largest absolute Gasteiger partial charge is 0.400 e. The molecule has 4 heteroatoms. The van der Waals surface area contributed by atoms with Crippen molar-refractivity contribution in [3.8, 4) is 0 Å². The molecule has 1 saturated heterocycles. The number of hydrogen-bond donors (Lipinski definition) is 3. The fraction of sp³-hybridized carbons (Fsp3) is 0.800. The van der Waals surface area contributed by atoms with Gasteiger partial charge in [0.2, 0.25) is 5.91 Å². The molecule has 3 N–H and O–H groups in total. The molecule has 1 amide bonds.